The highest BCUT2D eigenvalue weighted by Crippen LogP contribution is 2.36. The second kappa shape index (κ2) is 9.44. The average Bonchev–Trinajstić information content (AvgIpc) is 3.17. The molecule has 0 bridgehead atoms. The molecule has 5 rings (SSSR count). The molecule has 12 nitrogen and oxygen atoms in total. The molecular formula is C23H39N8O4+. The fraction of sp³-hybridized carbons (Fsp3) is 0.826. The van der Waals surface area contributed by atoms with Crippen molar-refractivity contribution < 1.29 is 19.8 Å². The number of hydrogen-bond acceptors (Lipinski definition) is 9. The van der Waals surface area contributed by atoms with Gasteiger partial charge in [0.2, 0.25) is 23.8 Å². The molecule has 1 saturated carbocycles. The van der Waals surface area contributed by atoms with E-state index in [2.05, 4.69) is 26.4 Å². The predicted molar refractivity (Wildman–Crippen MR) is 129 cm³/mol. The number of rotatable bonds is 6. The lowest BCUT2D eigenvalue weighted by Gasteiger charge is -2.39. The molecule has 0 aromatic carbocycles. The van der Waals surface area contributed by atoms with Crippen LogP contribution in [0.1, 0.15) is 52.9 Å². The topological polar surface area (TPSA) is 147 Å². The van der Waals surface area contributed by atoms with E-state index >= 15 is 0 Å². The van der Waals surface area contributed by atoms with Gasteiger partial charge >= 0.3 is 5.84 Å². The predicted octanol–water partition coefficient (Wildman–Crippen LogP) is -2.58. The Morgan fingerprint density at radius 3 is 2.71 bits per heavy atom. The number of nitrogens with zero attached hydrogens (tertiary/aromatic N) is 4. The molecule has 5 aliphatic rings. The Bertz CT molecular complexity index is 925. The van der Waals surface area contributed by atoms with Crippen molar-refractivity contribution in [1.29, 1.82) is 0 Å². The van der Waals surface area contributed by atoms with Crippen molar-refractivity contribution in [1.82, 2.24) is 41.3 Å². The van der Waals surface area contributed by atoms with E-state index < -0.39 is 24.4 Å². The normalized spacial score (nSPS) is 32.4. The van der Waals surface area contributed by atoms with E-state index in [1.807, 2.05) is 25.8 Å². The monoisotopic (exact) mass is 491 g/mol. The number of likely N-dealkylation sites (tertiary alicyclic amines) is 1. The van der Waals surface area contributed by atoms with Crippen molar-refractivity contribution >= 4 is 23.4 Å². The smallest absolute Gasteiger partial charge is 0.366 e. The van der Waals surface area contributed by atoms with Crippen LogP contribution >= 0.6 is 0 Å². The van der Waals surface area contributed by atoms with Gasteiger partial charge in [-0.15, -0.1) is 5.01 Å². The lowest BCUT2D eigenvalue weighted by Crippen LogP contribution is -2.60. The summed E-state index contributed by atoms with van der Waals surface area (Å²) in [7, 11) is 0. The molecule has 0 aromatic rings. The Morgan fingerprint density at radius 1 is 1.23 bits per heavy atom. The summed E-state index contributed by atoms with van der Waals surface area (Å²) in [6.45, 7) is 7.85. The molecule has 3 saturated heterocycles. The Kier molecular flexibility index (Phi) is 6.64. The highest BCUT2D eigenvalue weighted by atomic mass is 16.3. The van der Waals surface area contributed by atoms with E-state index in [0.717, 1.165) is 25.3 Å². The summed E-state index contributed by atoms with van der Waals surface area (Å²) >= 11 is 0. The molecule has 0 aromatic heterocycles. The molecule has 0 spiro atoms. The van der Waals surface area contributed by atoms with Gasteiger partial charge in [-0.1, -0.05) is 20.8 Å². The molecule has 4 aliphatic heterocycles. The maximum absolute atomic E-state index is 13.9. The second-order valence-electron chi connectivity index (χ2n) is 11.5. The van der Waals surface area contributed by atoms with Gasteiger partial charge in [-0.3, -0.25) is 9.59 Å². The van der Waals surface area contributed by atoms with Crippen LogP contribution in [0.5, 0.6) is 0 Å². The minimum atomic E-state index is -0.748. The van der Waals surface area contributed by atoms with Crippen molar-refractivity contribution in [3.8, 4) is 0 Å². The van der Waals surface area contributed by atoms with Crippen LogP contribution in [0, 0.1) is 11.3 Å². The standard InChI is InChI=1S/C23H38N8O4/c1-23(2,3)20(30-12-16(27-28-30)13-4-5-13)22(35)29-11-15(32)9-17(29)21(34)24-10-14-8-19(33)31-18(26-14)6-7-25-31/h13,15-17,19-20,25,27-28,32-33H,4-12H2,1-3H3/p+1/t15-,16?,17+,19?,20-/m1/s1. The lowest BCUT2D eigenvalue weighted by molar-refractivity contribution is -0.147. The minimum Gasteiger partial charge on any atom is -0.391 e. The van der Waals surface area contributed by atoms with E-state index in [1.54, 1.807) is 5.01 Å². The fourth-order valence-electron chi connectivity index (χ4n) is 5.67. The maximum Gasteiger partial charge on any atom is 0.366 e. The van der Waals surface area contributed by atoms with Gasteiger partial charge in [-0.25, -0.2) is 15.1 Å². The number of β-amino-alcohol motifs (C(OH)–C–C–N with tert-alkyl or cyclic N) is 1. The van der Waals surface area contributed by atoms with Gasteiger partial charge in [0.05, 0.1) is 25.5 Å². The second-order valence-corrected chi connectivity index (χ2v) is 11.5. The first-order valence-corrected chi connectivity index (χ1v) is 12.8. The molecule has 2 amide bonds. The largest absolute Gasteiger partial charge is 0.391 e. The summed E-state index contributed by atoms with van der Waals surface area (Å²) in [4.78, 5) is 28.6. The van der Waals surface area contributed by atoms with Gasteiger partial charge in [-0.2, -0.15) is 11.0 Å². The van der Waals surface area contributed by atoms with Crippen molar-refractivity contribution in [3.63, 3.8) is 0 Å². The molecule has 35 heavy (non-hydrogen) atoms. The molecule has 6 N–H and O–H groups in total. The summed E-state index contributed by atoms with van der Waals surface area (Å²) in [6, 6.07) is -0.926. The number of amidine groups is 1. The molecule has 1 aliphatic carbocycles. The summed E-state index contributed by atoms with van der Waals surface area (Å²) < 4.78 is 4.57. The molecule has 4 fully saturated rings. The summed E-state index contributed by atoms with van der Waals surface area (Å²) in [6.07, 6.45) is 2.21. The molecule has 12 heteroatoms. The number of fused-ring (bicyclic) bond motifs is 1. The van der Waals surface area contributed by atoms with Crippen LogP contribution in [-0.2, 0) is 9.59 Å². The van der Waals surface area contributed by atoms with Crippen molar-refractivity contribution in [2.45, 2.75) is 83.3 Å². The zero-order chi connectivity index (χ0) is 24.9. The van der Waals surface area contributed by atoms with Crippen LogP contribution < -0.4 is 26.4 Å². The summed E-state index contributed by atoms with van der Waals surface area (Å²) in [5.41, 5.74) is 9.92. The van der Waals surface area contributed by atoms with Gasteiger partial charge in [0.25, 0.3) is 0 Å². The average molecular weight is 492 g/mol. The number of carbonyl (C=O) groups excluding carboxylic acids is 2. The summed E-state index contributed by atoms with van der Waals surface area (Å²) in [5, 5.41) is 27.3. The van der Waals surface area contributed by atoms with E-state index in [0.29, 0.717) is 24.1 Å². The highest BCUT2D eigenvalue weighted by molar-refractivity contribution is 5.98. The molecule has 4 heterocycles. The SMILES string of the molecule is CC(C)(C)[C@@H](C(=O)N1C[C@H](O)C[C@H]1C(=O)NCC1=[N+]=C2CCNN2C(O)C1)N1CC(C2CC2)NN1. The summed E-state index contributed by atoms with van der Waals surface area (Å²) in [5.74, 6) is 0.945. The van der Waals surface area contributed by atoms with E-state index in [-0.39, 0.29) is 36.7 Å². The third-order valence-electron chi connectivity index (χ3n) is 7.59. The van der Waals surface area contributed by atoms with Gasteiger partial charge < -0.3 is 20.4 Å². The lowest BCUT2D eigenvalue weighted by atomic mass is 9.85. The molecule has 0 radical (unpaired) electrons. The van der Waals surface area contributed by atoms with Gasteiger partial charge in [-0.05, 0) is 24.2 Å². The number of nitrogens with one attached hydrogen (secondary N) is 4. The molecular weight excluding hydrogens is 452 g/mol. The van der Waals surface area contributed by atoms with E-state index in [1.165, 1.54) is 17.7 Å². The Morgan fingerprint density at radius 2 is 2.00 bits per heavy atom. The van der Waals surface area contributed by atoms with Crippen LogP contribution in [0.3, 0.4) is 0 Å². The first-order chi connectivity index (χ1) is 16.6. The molecule has 2 unspecified atom stereocenters. The first-order valence-electron chi connectivity index (χ1n) is 12.8. The van der Waals surface area contributed by atoms with Gasteiger partial charge in [0.15, 0.2) is 0 Å². The van der Waals surface area contributed by atoms with Gasteiger partial charge in [0.1, 0.15) is 12.1 Å². The Labute approximate surface area is 205 Å². The quantitative estimate of drug-likeness (QED) is 0.221. The molecule has 5 atom stereocenters. The Balaban J connectivity index is 1.27. The number of carbonyl (C=O) groups is 2. The van der Waals surface area contributed by atoms with Crippen LogP contribution in [0.25, 0.3) is 0 Å². The van der Waals surface area contributed by atoms with Crippen molar-refractivity contribution in [2.24, 2.45) is 11.3 Å². The first kappa shape index (κ1) is 24.6. The van der Waals surface area contributed by atoms with Crippen molar-refractivity contribution in [3.05, 3.63) is 0 Å². The highest BCUT2D eigenvalue weighted by Gasteiger charge is 2.49. The van der Waals surface area contributed by atoms with Crippen LogP contribution in [0.4, 0.5) is 0 Å². The van der Waals surface area contributed by atoms with E-state index in [4.69, 9.17) is 0 Å². The Hall–Kier alpha value is -2.05. The van der Waals surface area contributed by atoms with Crippen LogP contribution in [0.15, 0.2) is 0 Å². The number of aliphatic hydroxyl groups is 2. The number of hydrazine groups is 3. The maximum atomic E-state index is 13.9. The number of amides is 2. The number of hydrogen-bond donors (Lipinski definition) is 6. The zero-order valence-corrected chi connectivity index (χ0v) is 20.8. The van der Waals surface area contributed by atoms with Gasteiger partial charge in [0, 0.05) is 32.1 Å². The van der Waals surface area contributed by atoms with Crippen LogP contribution in [0.2, 0.25) is 0 Å². The van der Waals surface area contributed by atoms with Crippen molar-refractivity contribution in [2.75, 3.05) is 26.2 Å². The third-order valence-corrected chi connectivity index (χ3v) is 7.59. The zero-order valence-electron chi connectivity index (χ0n) is 20.8. The molecule has 194 valence electrons. The van der Waals surface area contributed by atoms with Crippen LogP contribution in [-0.4, -0.2) is 105 Å². The minimum absolute atomic E-state index is 0.134. The number of aliphatic hydroxyl groups excluding tert-OH is 2. The fourth-order valence-corrected chi connectivity index (χ4v) is 5.67. The third kappa shape index (κ3) is 5.10. The van der Waals surface area contributed by atoms with E-state index in [9.17, 15) is 19.8 Å².